The number of aliphatic hydroxyl groups is 3. The SMILES string of the molecule is NCCNC(=O)Cc1ccc(Nc2ccc(Nc3ncnc4c3ncn4[C@@H]3O[C@H](CO)[C@@H](O)[C@H]3O)cc2)cc1. The molecular formula is C26H30N8O5. The van der Waals surface area contributed by atoms with Crippen LogP contribution in [0.2, 0.25) is 0 Å². The number of amides is 1. The van der Waals surface area contributed by atoms with Crippen LogP contribution in [0.4, 0.5) is 22.9 Å². The van der Waals surface area contributed by atoms with Crippen molar-refractivity contribution in [2.24, 2.45) is 5.73 Å². The Balaban J connectivity index is 1.24. The van der Waals surface area contributed by atoms with Crippen LogP contribution in [0.3, 0.4) is 0 Å². The summed E-state index contributed by atoms with van der Waals surface area (Å²) in [6.45, 7) is 0.453. The monoisotopic (exact) mass is 534 g/mol. The van der Waals surface area contributed by atoms with Gasteiger partial charge < -0.3 is 41.7 Å². The molecule has 204 valence electrons. The maximum Gasteiger partial charge on any atom is 0.224 e. The van der Waals surface area contributed by atoms with Gasteiger partial charge in [-0.15, -0.1) is 0 Å². The number of nitrogens with one attached hydrogen (secondary N) is 3. The van der Waals surface area contributed by atoms with Gasteiger partial charge in [-0.3, -0.25) is 9.36 Å². The van der Waals surface area contributed by atoms with E-state index in [2.05, 4.69) is 30.9 Å². The average Bonchev–Trinajstić information content (AvgIpc) is 3.50. The summed E-state index contributed by atoms with van der Waals surface area (Å²) >= 11 is 0. The molecule has 5 rings (SSSR count). The first kappa shape index (κ1) is 26.5. The number of hydrogen-bond donors (Lipinski definition) is 7. The molecule has 13 nitrogen and oxygen atoms in total. The molecule has 1 amide bonds. The summed E-state index contributed by atoms with van der Waals surface area (Å²) in [6.07, 6.45) is -1.20. The fourth-order valence-corrected chi connectivity index (χ4v) is 4.35. The quantitative estimate of drug-likeness (QED) is 0.150. The molecule has 1 aliphatic rings. The number of anilines is 4. The lowest BCUT2D eigenvalue weighted by Crippen LogP contribution is -2.33. The molecule has 1 aliphatic heterocycles. The van der Waals surface area contributed by atoms with E-state index in [-0.39, 0.29) is 5.91 Å². The lowest BCUT2D eigenvalue weighted by molar-refractivity contribution is -0.120. The molecule has 4 atom stereocenters. The molecular weight excluding hydrogens is 504 g/mol. The Morgan fingerprint density at radius 3 is 2.26 bits per heavy atom. The second-order valence-corrected chi connectivity index (χ2v) is 9.11. The standard InChI is InChI=1S/C26H30N8O5/c27-9-10-28-20(36)11-15-1-3-16(4-2-15)32-17-5-7-18(8-6-17)33-24-21-25(30-13-29-24)34(14-31-21)26-23(38)22(37)19(12-35)39-26/h1-8,13-14,19,22-23,26,32,35,37-38H,9-12,27H2,(H,28,36)(H,29,30,33)/t19-,22-,23-,26-/m1/s1. The first-order valence-corrected chi connectivity index (χ1v) is 12.5. The Morgan fingerprint density at radius 1 is 0.949 bits per heavy atom. The minimum atomic E-state index is -1.25. The molecule has 0 spiro atoms. The molecule has 3 heterocycles. The highest BCUT2D eigenvalue weighted by atomic mass is 16.6. The van der Waals surface area contributed by atoms with Crippen LogP contribution in [-0.4, -0.2) is 78.8 Å². The van der Waals surface area contributed by atoms with E-state index < -0.39 is 31.1 Å². The van der Waals surface area contributed by atoms with Crippen molar-refractivity contribution < 1.29 is 24.9 Å². The molecule has 13 heteroatoms. The smallest absolute Gasteiger partial charge is 0.224 e. The van der Waals surface area contributed by atoms with Gasteiger partial charge in [-0.1, -0.05) is 12.1 Å². The van der Waals surface area contributed by atoms with Crippen LogP contribution in [0, 0.1) is 0 Å². The van der Waals surface area contributed by atoms with Gasteiger partial charge in [-0.2, -0.15) is 0 Å². The molecule has 2 aromatic carbocycles. The number of carbonyl (C=O) groups excluding carboxylic acids is 1. The molecule has 1 saturated heterocycles. The number of nitrogens with zero attached hydrogens (tertiary/aromatic N) is 4. The molecule has 8 N–H and O–H groups in total. The van der Waals surface area contributed by atoms with Crippen molar-refractivity contribution in [1.82, 2.24) is 24.8 Å². The molecule has 0 aliphatic carbocycles. The van der Waals surface area contributed by atoms with Crippen molar-refractivity contribution in [3.05, 3.63) is 66.7 Å². The molecule has 0 radical (unpaired) electrons. The van der Waals surface area contributed by atoms with E-state index >= 15 is 0 Å². The van der Waals surface area contributed by atoms with E-state index in [1.807, 2.05) is 48.5 Å². The third-order valence-electron chi connectivity index (χ3n) is 6.37. The topological polar surface area (TPSA) is 193 Å². The minimum Gasteiger partial charge on any atom is -0.394 e. The number of nitrogens with two attached hydrogens (primary N) is 1. The second-order valence-electron chi connectivity index (χ2n) is 9.11. The van der Waals surface area contributed by atoms with Gasteiger partial charge in [-0.25, -0.2) is 15.0 Å². The maximum atomic E-state index is 11.9. The Hall–Kier alpha value is -4.14. The highest BCUT2D eigenvalue weighted by molar-refractivity contribution is 5.85. The first-order chi connectivity index (χ1) is 19.0. The van der Waals surface area contributed by atoms with Gasteiger partial charge in [0.25, 0.3) is 0 Å². The number of fused-ring (bicyclic) bond motifs is 1. The zero-order chi connectivity index (χ0) is 27.4. The minimum absolute atomic E-state index is 0.0597. The number of aromatic nitrogens is 4. The van der Waals surface area contributed by atoms with Gasteiger partial charge in [0.2, 0.25) is 5.91 Å². The van der Waals surface area contributed by atoms with Crippen molar-refractivity contribution in [2.75, 3.05) is 30.3 Å². The van der Waals surface area contributed by atoms with E-state index in [9.17, 15) is 20.1 Å². The highest BCUT2D eigenvalue weighted by Gasteiger charge is 2.44. The Morgan fingerprint density at radius 2 is 1.62 bits per heavy atom. The number of hydrogen-bond acceptors (Lipinski definition) is 11. The number of benzene rings is 2. The largest absolute Gasteiger partial charge is 0.394 e. The van der Waals surface area contributed by atoms with Gasteiger partial charge in [-0.05, 0) is 42.0 Å². The van der Waals surface area contributed by atoms with Crippen LogP contribution in [0.1, 0.15) is 11.8 Å². The predicted octanol–water partition coefficient (Wildman–Crippen LogP) is 0.542. The molecule has 0 saturated carbocycles. The van der Waals surface area contributed by atoms with E-state index in [1.54, 1.807) is 0 Å². The summed E-state index contributed by atoms with van der Waals surface area (Å²) in [5, 5.41) is 39.2. The van der Waals surface area contributed by atoms with E-state index in [0.29, 0.717) is 36.5 Å². The van der Waals surface area contributed by atoms with Crippen molar-refractivity contribution in [3.63, 3.8) is 0 Å². The normalized spacial score (nSPS) is 20.7. The summed E-state index contributed by atoms with van der Waals surface area (Å²) < 4.78 is 7.12. The van der Waals surface area contributed by atoms with Gasteiger partial charge in [0.1, 0.15) is 24.6 Å². The zero-order valence-corrected chi connectivity index (χ0v) is 20.9. The number of aliphatic hydroxyl groups excluding tert-OH is 3. The van der Waals surface area contributed by atoms with E-state index in [1.165, 1.54) is 17.2 Å². The van der Waals surface area contributed by atoms with Crippen molar-refractivity contribution in [2.45, 2.75) is 31.0 Å². The highest BCUT2D eigenvalue weighted by Crippen LogP contribution is 2.32. The van der Waals surface area contributed by atoms with Gasteiger partial charge in [0.15, 0.2) is 23.2 Å². The Kier molecular flexibility index (Phi) is 7.95. The number of carbonyl (C=O) groups is 1. The summed E-state index contributed by atoms with van der Waals surface area (Å²) in [4.78, 5) is 24.8. The Labute approximate surface area is 223 Å². The van der Waals surface area contributed by atoms with E-state index in [4.69, 9.17) is 10.5 Å². The Bertz CT molecular complexity index is 1410. The maximum absolute atomic E-state index is 11.9. The van der Waals surface area contributed by atoms with Crippen LogP contribution in [0.15, 0.2) is 61.2 Å². The number of rotatable bonds is 10. The van der Waals surface area contributed by atoms with Crippen molar-refractivity contribution >= 4 is 40.0 Å². The summed E-state index contributed by atoms with van der Waals surface area (Å²) in [6, 6.07) is 15.2. The van der Waals surface area contributed by atoms with Crippen molar-refractivity contribution in [1.29, 1.82) is 0 Å². The van der Waals surface area contributed by atoms with Crippen LogP contribution in [0.25, 0.3) is 11.2 Å². The molecule has 2 aromatic heterocycles. The second kappa shape index (κ2) is 11.7. The van der Waals surface area contributed by atoms with E-state index in [0.717, 1.165) is 22.6 Å². The summed E-state index contributed by atoms with van der Waals surface area (Å²) in [7, 11) is 0. The van der Waals surface area contributed by atoms with Gasteiger partial charge in [0, 0.05) is 30.2 Å². The van der Waals surface area contributed by atoms with Gasteiger partial charge in [0.05, 0.1) is 19.4 Å². The predicted molar refractivity (Wildman–Crippen MR) is 144 cm³/mol. The van der Waals surface area contributed by atoms with Crippen molar-refractivity contribution in [3.8, 4) is 0 Å². The molecule has 1 fully saturated rings. The van der Waals surface area contributed by atoms with Crippen LogP contribution < -0.4 is 21.7 Å². The molecule has 4 aromatic rings. The zero-order valence-electron chi connectivity index (χ0n) is 20.9. The summed E-state index contributed by atoms with van der Waals surface area (Å²) in [5.74, 6) is 0.396. The van der Waals surface area contributed by atoms with Crippen LogP contribution >= 0.6 is 0 Å². The fraction of sp³-hybridized carbons (Fsp3) is 0.308. The van der Waals surface area contributed by atoms with Crippen LogP contribution in [0.5, 0.6) is 0 Å². The molecule has 0 bridgehead atoms. The van der Waals surface area contributed by atoms with Crippen LogP contribution in [-0.2, 0) is 16.0 Å². The van der Waals surface area contributed by atoms with Gasteiger partial charge >= 0.3 is 0 Å². The lowest BCUT2D eigenvalue weighted by Gasteiger charge is -2.16. The number of ether oxygens (including phenoxy) is 1. The third kappa shape index (κ3) is 5.82. The fourth-order valence-electron chi connectivity index (χ4n) is 4.35. The first-order valence-electron chi connectivity index (χ1n) is 12.5. The molecule has 39 heavy (non-hydrogen) atoms. The molecule has 0 unspecified atom stereocenters. The summed E-state index contributed by atoms with van der Waals surface area (Å²) in [5.41, 5.74) is 9.70. The number of imidazole rings is 1. The average molecular weight is 535 g/mol. The lowest BCUT2D eigenvalue weighted by atomic mass is 10.1. The third-order valence-corrected chi connectivity index (χ3v) is 6.37.